The summed E-state index contributed by atoms with van der Waals surface area (Å²) in [7, 11) is 1.48. The Morgan fingerprint density at radius 2 is 1.84 bits per heavy atom. The van der Waals surface area contributed by atoms with Gasteiger partial charge < -0.3 is 10.1 Å². The van der Waals surface area contributed by atoms with E-state index in [9.17, 15) is 4.79 Å². The van der Waals surface area contributed by atoms with Crippen LogP contribution in [-0.2, 0) is 9.53 Å². The van der Waals surface area contributed by atoms with E-state index in [-0.39, 0.29) is 11.4 Å². The maximum Gasteiger partial charge on any atom is 0.313 e. The van der Waals surface area contributed by atoms with Crippen molar-refractivity contribution in [2.24, 2.45) is 5.41 Å². The van der Waals surface area contributed by atoms with Crippen molar-refractivity contribution < 1.29 is 9.53 Å². The summed E-state index contributed by atoms with van der Waals surface area (Å²) in [6, 6.07) is 4.34. The lowest BCUT2D eigenvalue weighted by atomic mass is 9.68. The number of hydrogen-bond acceptors (Lipinski definition) is 3. The molecule has 1 aromatic carbocycles. The third-order valence-electron chi connectivity index (χ3n) is 4.39. The van der Waals surface area contributed by atoms with Gasteiger partial charge in [0, 0.05) is 12.2 Å². The highest BCUT2D eigenvalue weighted by Gasteiger charge is 2.45. The average molecular weight is 261 g/mol. The summed E-state index contributed by atoms with van der Waals surface area (Å²) in [5.41, 5.74) is 4.61. The second kappa shape index (κ2) is 5.24. The summed E-state index contributed by atoms with van der Waals surface area (Å²) in [6.07, 6.45) is 2.97. The van der Waals surface area contributed by atoms with E-state index in [1.54, 1.807) is 0 Å². The van der Waals surface area contributed by atoms with E-state index < -0.39 is 0 Å². The molecule has 0 radical (unpaired) electrons. The first kappa shape index (κ1) is 13.9. The maximum absolute atomic E-state index is 11.9. The Kier molecular flexibility index (Phi) is 3.83. The molecule has 0 bridgehead atoms. The molecule has 0 unspecified atom stereocenters. The topological polar surface area (TPSA) is 38.3 Å². The lowest BCUT2D eigenvalue weighted by molar-refractivity contribution is -0.157. The number of ether oxygens (including phenoxy) is 1. The minimum absolute atomic E-state index is 0.0762. The number of rotatable bonds is 4. The second-order valence-electron chi connectivity index (χ2n) is 5.73. The molecule has 0 amide bonds. The van der Waals surface area contributed by atoms with Gasteiger partial charge in [0.25, 0.3) is 0 Å². The first-order valence-corrected chi connectivity index (χ1v) is 6.89. The number of nitrogens with one attached hydrogen (secondary N) is 1. The molecule has 0 aromatic heterocycles. The number of methoxy groups -OCH3 is 1. The Balaban J connectivity index is 2.10. The van der Waals surface area contributed by atoms with Gasteiger partial charge in [-0.15, -0.1) is 0 Å². The largest absolute Gasteiger partial charge is 0.469 e. The summed E-state index contributed by atoms with van der Waals surface area (Å²) < 4.78 is 4.94. The monoisotopic (exact) mass is 261 g/mol. The Morgan fingerprint density at radius 1 is 1.21 bits per heavy atom. The van der Waals surface area contributed by atoms with Crippen LogP contribution in [0.4, 0.5) is 5.69 Å². The van der Waals surface area contributed by atoms with Crippen LogP contribution in [0.25, 0.3) is 0 Å². The van der Waals surface area contributed by atoms with Gasteiger partial charge in [-0.25, -0.2) is 0 Å². The van der Waals surface area contributed by atoms with Crippen molar-refractivity contribution in [1.82, 2.24) is 0 Å². The van der Waals surface area contributed by atoms with Crippen molar-refractivity contribution in [1.29, 1.82) is 0 Å². The molecule has 1 fully saturated rings. The molecule has 0 heterocycles. The van der Waals surface area contributed by atoms with E-state index >= 15 is 0 Å². The van der Waals surface area contributed by atoms with Crippen LogP contribution in [0.1, 0.15) is 36.0 Å². The van der Waals surface area contributed by atoms with E-state index in [0.717, 1.165) is 24.9 Å². The first-order chi connectivity index (χ1) is 8.98. The van der Waals surface area contributed by atoms with Crippen molar-refractivity contribution >= 4 is 11.7 Å². The Labute approximate surface area is 115 Å². The van der Waals surface area contributed by atoms with Gasteiger partial charge in [0.05, 0.1) is 12.5 Å². The molecule has 2 rings (SSSR count). The van der Waals surface area contributed by atoms with E-state index in [1.165, 1.54) is 23.8 Å². The molecule has 0 atom stereocenters. The minimum Gasteiger partial charge on any atom is -0.469 e. The number of benzene rings is 1. The van der Waals surface area contributed by atoms with E-state index in [2.05, 4.69) is 38.2 Å². The van der Waals surface area contributed by atoms with Gasteiger partial charge >= 0.3 is 5.97 Å². The van der Waals surface area contributed by atoms with Crippen LogP contribution >= 0.6 is 0 Å². The van der Waals surface area contributed by atoms with Crippen molar-refractivity contribution in [3.63, 3.8) is 0 Å². The number of esters is 1. The average Bonchev–Trinajstić information content (AvgIpc) is 2.33. The van der Waals surface area contributed by atoms with Crippen LogP contribution in [0.3, 0.4) is 0 Å². The van der Waals surface area contributed by atoms with E-state index in [1.807, 2.05) is 0 Å². The molecular weight excluding hydrogens is 238 g/mol. The minimum atomic E-state index is -0.306. The number of carbonyl (C=O) groups is 1. The van der Waals surface area contributed by atoms with Crippen molar-refractivity contribution in [3.05, 3.63) is 28.8 Å². The van der Waals surface area contributed by atoms with E-state index in [0.29, 0.717) is 6.54 Å². The summed E-state index contributed by atoms with van der Waals surface area (Å²) in [4.78, 5) is 11.9. The fourth-order valence-electron chi connectivity index (χ4n) is 2.69. The van der Waals surface area contributed by atoms with Gasteiger partial charge in [-0.1, -0.05) is 12.5 Å². The zero-order valence-corrected chi connectivity index (χ0v) is 12.3. The SMILES string of the molecule is COC(=O)C1(CNc2cc(C)c(C)cc2C)CCC1. The van der Waals surface area contributed by atoms with Gasteiger partial charge in [-0.3, -0.25) is 4.79 Å². The Hall–Kier alpha value is -1.51. The highest BCUT2D eigenvalue weighted by atomic mass is 16.5. The molecule has 19 heavy (non-hydrogen) atoms. The van der Waals surface area contributed by atoms with Gasteiger partial charge in [0.1, 0.15) is 0 Å². The molecule has 0 aliphatic heterocycles. The third-order valence-corrected chi connectivity index (χ3v) is 4.39. The van der Waals surface area contributed by atoms with Gasteiger partial charge in [0.15, 0.2) is 0 Å². The normalized spacial score (nSPS) is 16.6. The second-order valence-corrected chi connectivity index (χ2v) is 5.73. The van der Waals surface area contributed by atoms with E-state index in [4.69, 9.17) is 4.74 Å². The zero-order chi connectivity index (χ0) is 14.0. The summed E-state index contributed by atoms with van der Waals surface area (Å²) in [6.45, 7) is 7.00. The maximum atomic E-state index is 11.9. The van der Waals surface area contributed by atoms with Crippen LogP contribution in [0, 0.1) is 26.2 Å². The fraction of sp³-hybridized carbons (Fsp3) is 0.562. The molecule has 1 aliphatic rings. The molecule has 0 saturated heterocycles. The number of aryl methyl sites for hydroxylation is 3. The van der Waals surface area contributed by atoms with Crippen LogP contribution in [0.2, 0.25) is 0 Å². The van der Waals surface area contributed by atoms with Crippen LogP contribution in [0.5, 0.6) is 0 Å². The molecule has 1 aromatic rings. The number of anilines is 1. The molecular formula is C16H23NO2. The summed E-state index contributed by atoms with van der Waals surface area (Å²) >= 11 is 0. The fourth-order valence-corrected chi connectivity index (χ4v) is 2.69. The first-order valence-electron chi connectivity index (χ1n) is 6.89. The highest BCUT2D eigenvalue weighted by molar-refractivity contribution is 5.78. The molecule has 3 heteroatoms. The zero-order valence-electron chi connectivity index (χ0n) is 12.3. The molecule has 1 saturated carbocycles. The number of hydrogen-bond donors (Lipinski definition) is 1. The molecule has 3 nitrogen and oxygen atoms in total. The van der Waals surface area contributed by atoms with Crippen LogP contribution < -0.4 is 5.32 Å². The number of carbonyl (C=O) groups excluding carboxylic acids is 1. The Morgan fingerprint density at radius 3 is 2.37 bits per heavy atom. The van der Waals surface area contributed by atoms with Crippen LogP contribution in [0.15, 0.2) is 12.1 Å². The molecule has 1 N–H and O–H groups in total. The molecule has 1 aliphatic carbocycles. The lowest BCUT2D eigenvalue weighted by Gasteiger charge is -2.39. The molecule has 104 valence electrons. The van der Waals surface area contributed by atoms with Crippen molar-refractivity contribution in [2.45, 2.75) is 40.0 Å². The standard InChI is InChI=1S/C16H23NO2/c1-11-8-13(3)14(9-12(11)2)17-10-16(6-5-7-16)15(18)19-4/h8-9,17H,5-7,10H2,1-4H3. The highest BCUT2D eigenvalue weighted by Crippen LogP contribution is 2.42. The van der Waals surface area contributed by atoms with Gasteiger partial charge in [-0.05, 0) is 56.4 Å². The summed E-state index contributed by atoms with van der Waals surface area (Å²) in [5, 5.41) is 3.44. The lowest BCUT2D eigenvalue weighted by Crippen LogP contribution is -2.44. The quantitative estimate of drug-likeness (QED) is 0.845. The van der Waals surface area contributed by atoms with Crippen LogP contribution in [-0.4, -0.2) is 19.6 Å². The van der Waals surface area contributed by atoms with Crippen molar-refractivity contribution in [3.8, 4) is 0 Å². The summed E-state index contributed by atoms with van der Waals surface area (Å²) in [5.74, 6) is -0.0762. The predicted octanol–water partition coefficient (Wildman–Crippen LogP) is 3.37. The van der Waals surface area contributed by atoms with Gasteiger partial charge in [-0.2, -0.15) is 0 Å². The molecule has 0 spiro atoms. The Bertz CT molecular complexity index is 490. The smallest absolute Gasteiger partial charge is 0.313 e. The van der Waals surface area contributed by atoms with Crippen molar-refractivity contribution in [2.75, 3.05) is 19.0 Å². The third kappa shape index (κ3) is 2.60. The predicted molar refractivity (Wildman–Crippen MR) is 77.4 cm³/mol. The van der Waals surface area contributed by atoms with Gasteiger partial charge in [0.2, 0.25) is 0 Å².